The van der Waals surface area contributed by atoms with Gasteiger partial charge in [0.05, 0.1) is 6.42 Å². The normalized spacial score (nSPS) is 34.5. The van der Waals surface area contributed by atoms with Crippen LogP contribution in [0, 0.1) is 28.6 Å². The molecule has 5 aliphatic rings. The van der Waals surface area contributed by atoms with Gasteiger partial charge in [-0.25, -0.2) is 0 Å². The summed E-state index contributed by atoms with van der Waals surface area (Å²) >= 11 is 0. The molecule has 1 aliphatic heterocycles. The predicted octanol–water partition coefficient (Wildman–Crippen LogP) is 4.19. The van der Waals surface area contributed by atoms with E-state index >= 15 is 0 Å². The summed E-state index contributed by atoms with van der Waals surface area (Å²) in [7, 11) is 0. The number of hydrogen-bond donors (Lipinski definition) is 2. The Hall–Kier alpha value is -3.20. The fourth-order valence-electron chi connectivity index (χ4n) is 8.93. The number of amides is 1. The molecule has 9 heteroatoms. The highest BCUT2D eigenvalue weighted by molar-refractivity contribution is 5.92. The molecule has 3 unspecified atom stereocenters. The minimum Gasteiger partial charge on any atom is -0.458 e. The molecule has 6 atom stereocenters. The Balaban J connectivity index is 0.998. The van der Waals surface area contributed by atoms with Crippen LogP contribution in [0.3, 0.4) is 0 Å². The number of ketones is 2. The van der Waals surface area contributed by atoms with Crippen LogP contribution in [-0.2, 0) is 30.5 Å². The topological polar surface area (TPSA) is 128 Å². The van der Waals surface area contributed by atoms with Gasteiger partial charge in [-0.2, -0.15) is 0 Å². The van der Waals surface area contributed by atoms with Crippen molar-refractivity contribution in [2.45, 2.75) is 90.2 Å². The lowest BCUT2D eigenvalue weighted by atomic mass is 9.46. The number of benzene rings is 1. The van der Waals surface area contributed by atoms with Gasteiger partial charge in [-0.3, -0.25) is 19.2 Å². The first-order valence-electron chi connectivity index (χ1n) is 15.3. The third-order valence-corrected chi connectivity index (χ3v) is 11.4. The van der Waals surface area contributed by atoms with Gasteiger partial charge in [0.25, 0.3) is 0 Å². The van der Waals surface area contributed by atoms with Crippen molar-refractivity contribution in [3.8, 4) is 11.5 Å². The predicted molar refractivity (Wildman–Crippen MR) is 151 cm³/mol. The van der Waals surface area contributed by atoms with E-state index in [-0.39, 0.29) is 49.2 Å². The summed E-state index contributed by atoms with van der Waals surface area (Å²) in [5, 5.41) is 14.6. The highest BCUT2D eigenvalue weighted by atomic mass is 16.7. The second-order valence-electron chi connectivity index (χ2n) is 13.4. The number of aliphatic hydroxyl groups is 1. The molecular weight excluding hydrogens is 538 g/mol. The quantitative estimate of drug-likeness (QED) is 0.439. The highest BCUT2D eigenvalue weighted by Crippen LogP contribution is 2.67. The van der Waals surface area contributed by atoms with Crippen LogP contribution in [0.15, 0.2) is 29.8 Å². The number of Topliss-reactive ketones (excluding diaryl/α,β-unsaturated/α-hetero) is 1. The van der Waals surface area contributed by atoms with Crippen LogP contribution in [0.2, 0.25) is 0 Å². The fraction of sp³-hybridized carbons (Fsp3) is 0.636. The van der Waals surface area contributed by atoms with Crippen molar-refractivity contribution >= 4 is 23.4 Å². The Morgan fingerprint density at radius 2 is 1.79 bits per heavy atom. The maximum Gasteiger partial charge on any atom is 0.306 e. The van der Waals surface area contributed by atoms with Crippen molar-refractivity contribution in [2.24, 2.45) is 28.6 Å². The molecule has 1 aromatic rings. The monoisotopic (exact) mass is 579 g/mol. The maximum atomic E-state index is 13.4. The van der Waals surface area contributed by atoms with Crippen LogP contribution in [-0.4, -0.2) is 47.6 Å². The van der Waals surface area contributed by atoms with Gasteiger partial charge >= 0.3 is 5.97 Å². The van der Waals surface area contributed by atoms with Crippen LogP contribution in [0.25, 0.3) is 0 Å². The summed E-state index contributed by atoms with van der Waals surface area (Å²) in [6, 6.07) is 5.42. The third kappa shape index (κ3) is 4.83. The van der Waals surface area contributed by atoms with E-state index in [4.69, 9.17) is 14.2 Å². The van der Waals surface area contributed by atoms with Crippen molar-refractivity contribution < 1.29 is 38.5 Å². The van der Waals surface area contributed by atoms with Crippen molar-refractivity contribution in [3.05, 3.63) is 35.4 Å². The highest BCUT2D eigenvalue weighted by Gasteiger charge is 2.66. The molecule has 1 aromatic carbocycles. The Morgan fingerprint density at radius 3 is 2.62 bits per heavy atom. The molecular formula is C33H41NO8. The maximum absolute atomic E-state index is 13.4. The number of carbonyl (C=O) groups excluding carboxylic acids is 4. The number of rotatable bonds is 8. The van der Waals surface area contributed by atoms with E-state index in [0.717, 1.165) is 44.1 Å². The van der Waals surface area contributed by atoms with E-state index in [2.05, 4.69) is 12.2 Å². The summed E-state index contributed by atoms with van der Waals surface area (Å²) in [6.07, 6.45) is 7.83. The summed E-state index contributed by atoms with van der Waals surface area (Å²) in [5.41, 5.74) is 0.0505. The number of nitrogens with one attached hydrogen (secondary N) is 1. The Morgan fingerprint density at radius 1 is 1.00 bits per heavy atom. The first kappa shape index (κ1) is 28.9. The molecule has 0 bridgehead atoms. The Kier molecular flexibility index (Phi) is 7.44. The molecule has 9 nitrogen and oxygen atoms in total. The van der Waals surface area contributed by atoms with E-state index in [9.17, 15) is 24.3 Å². The molecule has 0 radical (unpaired) electrons. The SMILES string of the molecule is C[C@@]12CCC(=O)C=C1CCC1C2CC[C@]2(C)C1CC[C@@]2(O)C(=O)COC(=O)CCC(=O)NCc1ccc2c(c1)OCO2. The van der Waals surface area contributed by atoms with Gasteiger partial charge in [-0.1, -0.05) is 25.5 Å². The van der Waals surface area contributed by atoms with E-state index in [0.29, 0.717) is 36.2 Å². The Bertz CT molecular complexity index is 1340. The second-order valence-corrected chi connectivity index (χ2v) is 13.4. The molecule has 3 saturated carbocycles. The number of carbonyl (C=O) groups is 4. The lowest BCUT2D eigenvalue weighted by Crippen LogP contribution is -2.58. The number of fused-ring (bicyclic) bond motifs is 6. The summed E-state index contributed by atoms with van der Waals surface area (Å²) in [5.74, 6) is 1.21. The van der Waals surface area contributed by atoms with Gasteiger partial charge in [0.1, 0.15) is 5.60 Å². The van der Waals surface area contributed by atoms with Gasteiger partial charge < -0.3 is 24.6 Å². The summed E-state index contributed by atoms with van der Waals surface area (Å²) < 4.78 is 15.9. The molecule has 2 N–H and O–H groups in total. The van der Waals surface area contributed by atoms with E-state index in [1.165, 1.54) is 5.57 Å². The molecule has 226 valence electrons. The molecule has 42 heavy (non-hydrogen) atoms. The summed E-state index contributed by atoms with van der Waals surface area (Å²) in [6.45, 7) is 4.33. The first-order valence-corrected chi connectivity index (χ1v) is 15.3. The van der Waals surface area contributed by atoms with Crippen molar-refractivity contribution in [1.29, 1.82) is 0 Å². The van der Waals surface area contributed by atoms with Gasteiger partial charge in [-0.05, 0) is 91.9 Å². The van der Waals surface area contributed by atoms with Crippen LogP contribution >= 0.6 is 0 Å². The van der Waals surface area contributed by atoms with Crippen LogP contribution in [0.5, 0.6) is 11.5 Å². The van der Waals surface area contributed by atoms with Gasteiger partial charge in [0.15, 0.2) is 23.9 Å². The van der Waals surface area contributed by atoms with Crippen molar-refractivity contribution in [1.82, 2.24) is 5.32 Å². The molecule has 3 fully saturated rings. The molecule has 1 heterocycles. The van der Waals surface area contributed by atoms with Gasteiger partial charge in [0.2, 0.25) is 18.5 Å². The smallest absolute Gasteiger partial charge is 0.306 e. The number of allylic oxidation sites excluding steroid dienone is 1. The Labute approximate surface area is 246 Å². The lowest BCUT2D eigenvalue weighted by Gasteiger charge is -2.58. The van der Waals surface area contributed by atoms with Gasteiger partial charge in [-0.15, -0.1) is 0 Å². The molecule has 0 spiro atoms. The third-order valence-electron chi connectivity index (χ3n) is 11.4. The van der Waals surface area contributed by atoms with Crippen LogP contribution < -0.4 is 14.8 Å². The summed E-state index contributed by atoms with van der Waals surface area (Å²) in [4.78, 5) is 50.2. The molecule has 0 saturated heterocycles. The number of ether oxygens (including phenoxy) is 3. The fourth-order valence-corrected chi connectivity index (χ4v) is 8.93. The van der Waals surface area contributed by atoms with Gasteiger partial charge in [0, 0.05) is 24.8 Å². The number of hydrogen-bond acceptors (Lipinski definition) is 8. The zero-order chi connectivity index (χ0) is 29.7. The average Bonchev–Trinajstić information content (AvgIpc) is 3.56. The molecule has 4 aliphatic carbocycles. The van der Waals surface area contributed by atoms with Crippen molar-refractivity contribution in [3.63, 3.8) is 0 Å². The molecule has 1 amide bonds. The second kappa shape index (κ2) is 10.8. The number of esters is 1. The minimum absolute atomic E-state index is 0.0230. The molecule has 6 rings (SSSR count). The van der Waals surface area contributed by atoms with E-state index < -0.39 is 29.4 Å². The minimum atomic E-state index is -1.54. The lowest BCUT2D eigenvalue weighted by molar-refractivity contribution is -0.170. The van der Waals surface area contributed by atoms with Crippen molar-refractivity contribution in [2.75, 3.05) is 13.4 Å². The largest absolute Gasteiger partial charge is 0.458 e. The molecule has 0 aromatic heterocycles. The van der Waals surface area contributed by atoms with E-state index in [1.807, 2.05) is 19.1 Å². The standard InChI is InChI=1S/C33H41NO8/c1-31-12-9-22(35)16-21(31)4-5-23-24(31)10-13-32(2)25(23)11-14-33(32,39)28(36)18-40-30(38)8-7-29(37)34-17-20-3-6-26-27(15-20)42-19-41-26/h3,6,15-16,23-25,39H,4-5,7-14,17-19H2,1-2H3,(H,34,37)/t23?,24?,25?,31-,32-,33-/m1/s1. The first-order chi connectivity index (χ1) is 20.0. The van der Waals surface area contributed by atoms with Crippen LogP contribution in [0.4, 0.5) is 0 Å². The van der Waals surface area contributed by atoms with Crippen LogP contribution in [0.1, 0.15) is 83.6 Å². The zero-order valence-corrected chi connectivity index (χ0v) is 24.5. The zero-order valence-electron chi connectivity index (χ0n) is 24.5. The average molecular weight is 580 g/mol. The van der Waals surface area contributed by atoms with E-state index in [1.54, 1.807) is 12.1 Å².